The lowest BCUT2D eigenvalue weighted by Crippen LogP contribution is -2.44. The molecule has 10 aromatic rings. The largest absolute Gasteiger partial charge is 0.310 e. The number of nitrogens with zero attached hydrogens (tertiary/aromatic N) is 1. The van der Waals surface area contributed by atoms with Crippen molar-refractivity contribution in [3.8, 4) is 22.3 Å². The molecule has 0 aromatic heterocycles. The topological polar surface area (TPSA) is 3.24 Å². The molecule has 61 heavy (non-hydrogen) atoms. The van der Waals surface area contributed by atoms with Crippen LogP contribution in [0.15, 0.2) is 249 Å². The van der Waals surface area contributed by atoms with Gasteiger partial charge < -0.3 is 4.90 Å². The summed E-state index contributed by atoms with van der Waals surface area (Å²) in [5.41, 5.74) is 17.8. The molecule has 286 valence electrons. The van der Waals surface area contributed by atoms with Crippen molar-refractivity contribution in [2.75, 3.05) is 4.90 Å². The molecule has 0 unspecified atom stereocenters. The first-order valence-electron chi connectivity index (χ1n) is 21.3. The van der Waals surface area contributed by atoms with E-state index in [9.17, 15) is 0 Å². The van der Waals surface area contributed by atoms with E-state index in [1.807, 2.05) is 0 Å². The third-order valence-corrected chi connectivity index (χ3v) is 13.4. The molecule has 2 aliphatic rings. The number of para-hydroxylation sites is 2. The second-order valence-electron chi connectivity index (χ2n) is 16.3. The second-order valence-corrected chi connectivity index (χ2v) is 16.3. The zero-order valence-electron chi connectivity index (χ0n) is 33.6. The van der Waals surface area contributed by atoms with E-state index in [2.05, 4.69) is 254 Å². The van der Waals surface area contributed by atoms with E-state index in [1.165, 1.54) is 77.5 Å². The first-order valence-corrected chi connectivity index (χ1v) is 21.3. The third kappa shape index (κ3) is 4.95. The van der Waals surface area contributed by atoms with E-state index in [0.29, 0.717) is 0 Å². The minimum atomic E-state index is -0.560. The number of hydrogen-bond acceptors (Lipinski definition) is 1. The van der Waals surface area contributed by atoms with Gasteiger partial charge in [0.15, 0.2) is 0 Å². The van der Waals surface area contributed by atoms with Crippen LogP contribution in [0.1, 0.15) is 44.5 Å². The Morgan fingerprint density at radius 3 is 1.21 bits per heavy atom. The smallest absolute Gasteiger partial charge is 0.0720 e. The Bertz CT molecular complexity index is 3110. The summed E-state index contributed by atoms with van der Waals surface area (Å²) in [4.78, 5) is 2.38. The fourth-order valence-corrected chi connectivity index (χ4v) is 11.2. The van der Waals surface area contributed by atoms with Gasteiger partial charge in [-0.3, -0.25) is 0 Å². The van der Waals surface area contributed by atoms with Crippen molar-refractivity contribution in [1.82, 2.24) is 0 Å². The Morgan fingerprint density at radius 2 is 0.656 bits per heavy atom. The van der Waals surface area contributed by atoms with Gasteiger partial charge in [-0.05, 0) is 102 Å². The fourth-order valence-electron chi connectivity index (χ4n) is 11.2. The predicted octanol–water partition coefficient (Wildman–Crippen LogP) is 15.0. The molecule has 0 atom stereocenters. The summed E-state index contributed by atoms with van der Waals surface area (Å²) in [7, 11) is 0. The molecule has 10 aromatic carbocycles. The monoisotopic (exact) mass is 775 g/mol. The van der Waals surface area contributed by atoms with Gasteiger partial charge in [-0.25, -0.2) is 0 Å². The van der Waals surface area contributed by atoms with Crippen molar-refractivity contribution in [2.45, 2.75) is 10.8 Å². The normalized spacial score (nSPS) is 13.8. The quantitative estimate of drug-likeness (QED) is 0.163. The Hall–Kier alpha value is -7.74. The van der Waals surface area contributed by atoms with Crippen molar-refractivity contribution in [3.05, 3.63) is 293 Å². The number of benzene rings is 10. The molecular formula is C60H41N. The van der Waals surface area contributed by atoms with Crippen LogP contribution in [-0.4, -0.2) is 0 Å². The van der Waals surface area contributed by atoms with Gasteiger partial charge in [-0.15, -0.1) is 0 Å². The maximum absolute atomic E-state index is 2.41. The summed E-state index contributed by atoms with van der Waals surface area (Å²) in [5, 5.41) is 2.43. The molecule has 0 saturated carbocycles. The van der Waals surface area contributed by atoms with Crippen molar-refractivity contribution in [1.29, 1.82) is 0 Å². The third-order valence-electron chi connectivity index (χ3n) is 13.4. The fraction of sp³-hybridized carbons (Fsp3) is 0.0333. The Labute approximate surface area is 357 Å². The highest BCUT2D eigenvalue weighted by molar-refractivity contribution is 6.09. The minimum absolute atomic E-state index is 0.536. The van der Waals surface area contributed by atoms with E-state index >= 15 is 0 Å². The minimum Gasteiger partial charge on any atom is -0.310 e. The lowest BCUT2D eigenvalue weighted by atomic mass is 9.51. The van der Waals surface area contributed by atoms with Gasteiger partial charge in [0.2, 0.25) is 0 Å². The van der Waals surface area contributed by atoms with Crippen LogP contribution in [-0.2, 0) is 10.8 Å². The number of hydrogen-bond donors (Lipinski definition) is 0. The average Bonchev–Trinajstić information content (AvgIpc) is 3.64. The van der Waals surface area contributed by atoms with E-state index in [4.69, 9.17) is 0 Å². The average molecular weight is 776 g/mol. The lowest BCUT2D eigenvalue weighted by Gasteiger charge is -2.50. The van der Waals surface area contributed by atoms with Gasteiger partial charge in [0.05, 0.1) is 16.5 Å². The van der Waals surface area contributed by atoms with Crippen LogP contribution in [0.2, 0.25) is 0 Å². The molecule has 0 amide bonds. The molecule has 0 fully saturated rings. The van der Waals surface area contributed by atoms with Gasteiger partial charge in [-0.2, -0.15) is 0 Å². The molecular weight excluding hydrogens is 735 g/mol. The zero-order chi connectivity index (χ0) is 40.4. The van der Waals surface area contributed by atoms with E-state index < -0.39 is 10.8 Å². The van der Waals surface area contributed by atoms with Gasteiger partial charge in [0.1, 0.15) is 0 Å². The van der Waals surface area contributed by atoms with E-state index in [1.54, 1.807) is 0 Å². The van der Waals surface area contributed by atoms with Gasteiger partial charge in [0.25, 0.3) is 0 Å². The van der Waals surface area contributed by atoms with Crippen LogP contribution >= 0.6 is 0 Å². The predicted molar refractivity (Wildman–Crippen MR) is 253 cm³/mol. The summed E-state index contributed by atoms with van der Waals surface area (Å²) < 4.78 is 0. The molecule has 1 nitrogen and oxygen atoms in total. The Balaban J connectivity index is 1.15. The van der Waals surface area contributed by atoms with Crippen LogP contribution < -0.4 is 4.90 Å². The first kappa shape index (κ1) is 35.2. The maximum Gasteiger partial charge on any atom is 0.0720 e. The number of fused-ring (bicyclic) bond motifs is 10. The molecule has 0 bridgehead atoms. The Kier molecular flexibility index (Phi) is 8.05. The summed E-state index contributed by atoms with van der Waals surface area (Å²) in [6.07, 6.45) is 0. The number of anilines is 3. The van der Waals surface area contributed by atoms with Crippen molar-refractivity contribution in [2.24, 2.45) is 0 Å². The van der Waals surface area contributed by atoms with Gasteiger partial charge in [0, 0.05) is 16.8 Å². The molecule has 0 heterocycles. The molecule has 0 radical (unpaired) electrons. The van der Waals surface area contributed by atoms with Crippen molar-refractivity contribution in [3.63, 3.8) is 0 Å². The molecule has 12 rings (SSSR count). The second kappa shape index (κ2) is 13.9. The molecule has 1 spiro atoms. The Morgan fingerprint density at radius 1 is 0.246 bits per heavy atom. The van der Waals surface area contributed by atoms with Crippen molar-refractivity contribution >= 4 is 27.8 Å². The molecule has 0 aliphatic heterocycles. The standard InChI is InChI=1S/C60H41N/c1-5-22-42(23-6-1)59(43-24-7-2-8-25-43)52-35-17-19-37-54(52)60(55-38-20-18-36-53(55)59)51-34-16-15-32-50(51)58-49(33-21-39-56(58)60)47-40-41-57(48-31-14-13-30-46(47)48)61(44-26-9-3-10-27-44)45-28-11-4-12-29-45/h1-41H. The lowest BCUT2D eigenvalue weighted by molar-refractivity contribution is 0.623. The highest BCUT2D eigenvalue weighted by Gasteiger charge is 2.56. The zero-order valence-corrected chi connectivity index (χ0v) is 33.6. The SMILES string of the molecule is c1ccc(N(c2ccccc2)c2ccc(-c3cccc4c3-c3ccccc3C43c4ccccc4C(c4ccccc4)(c4ccccc4)c4ccccc43)c3ccccc23)cc1. The van der Waals surface area contributed by atoms with Crippen LogP contribution in [0.25, 0.3) is 33.0 Å². The summed E-state index contributed by atoms with van der Waals surface area (Å²) >= 11 is 0. The van der Waals surface area contributed by atoms with Crippen LogP contribution in [0.4, 0.5) is 17.1 Å². The molecule has 0 N–H and O–H groups in total. The molecule has 1 heteroatoms. The highest BCUT2D eigenvalue weighted by atomic mass is 15.1. The molecule has 2 aliphatic carbocycles. The summed E-state index contributed by atoms with van der Waals surface area (Å²) in [6, 6.07) is 92.2. The van der Waals surface area contributed by atoms with Gasteiger partial charge >= 0.3 is 0 Å². The van der Waals surface area contributed by atoms with Crippen LogP contribution in [0.5, 0.6) is 0 Å². The van der Waals surface area contributed by atoms with E-state index in [-0.39, 0.29) is 0 Å². The summed E-state index contributed by atoms with van der Waals surface area (Å²) in [6.45, 7) is 0. The summed E-state index contributed by atoms with van der Waals surface area (Å²) in [5.74, 6) is 0. The van der Waals surface area contributed by atoms with Crippen molar-refractivity contribution < 1.29 is 0 Å². The van der Waals surface area contributed by atoms with Crippen LogP contribution in [0, 0.1) is 0 Å². The molecule has 0 saturated heterocycles. The van der Waals surface area contributed by atoms with Crippen LogP contribution in [0.3, 0.4) is 0 Å². The van der Waals surface area contributed by atoms with Gasteiger partial charge in [-0.1, -0.05) is 218 Å². The highest BCUT2D eigenvalue weighted by Crippen LogP contribution is 2.65. The number of rotatable bonds is 6. The maximum atomic E-state index is 2.41. The van der Waals surface area contributed by atoms with E-state index in [0.717, 1.165) is 17.1 Å². The first-order chi connectivity index (χ1) is 30.3.